The topological polar surface area (TPSA) is 160 Å². The van der Waals surface area contributed by atoms with Gasteiger partial charge >= 0.3 is 0 Å². The minimum absolute atomic E-state index is 0.0106. The average Bonchev–Trinajstić information content (AvgIpc) is 3.50. The summed E-state index contributed by atoms with van der Waals surface area (Å²) in [5, 5.41) is 11.7. The predicted molar refractivity (Wildman–Crippen MR) is 152 cm³/mol. The molecular weight excluding hydrogens is 548 g/mol. The van der Waals surface area contributed by atoms with Crippen LogP contribution in [0.25, 0.3) is 11.5 Å². The summed E-state index contributed by atoms with van der Waals surface area (Å²) in [6, 6.07) is 4.82. The van der Waals surface area contributed by atoms with Crippen LogP contribution in [-0.4, -0.2) is 61.8 Å². The van der Waals surface area contributed by atoms with Crippen molar-refractivity contribution < 1.29 is 22.4 Å². The molecular formula is C27H36N8O5S. The molecule has 1 N–H and O–H groups in total. The van der Waals surface area contributed by atoms with E-state index in [0.29, 0.717) is 35.3 Å². The van der Waals surface area contributed by atoms with E-state index in [2.05, 4.69) is 35.0 Å². The zero-order chi connectivity index (χ0) is 29.9. The van der Waals surface area contributed by atoms with E-state index >= 15 is 0 Å². The van der Waals surface area contributed by atoms with Crippen LogP contribution in [0.2, 0.25) is 0 Å². The molecule has 41 heavy (non-hydrogen) atoms. The molecule has 220 valence electrons. The van der Waals surface area contributed by atoms with Gasteiger partial charge in [-0.2, -0.15) is 0 Å². The number of nitrogens with zero attached hydrogens (tertiary/aromatic N) is 7. The zero-order valence-electron chi connectivity index (χ0n) is 24.5. The molecule has 0 amide bonds. The van der Waals surface area contributed by atoms with Crippen LogP contribution in [0, 0.1) is 20.8 Å². The minimum Gasteiger partial charge on any atom is -0.481 e. The third-order valence-electron chi connectivity index (χ3n) is 6.60. The molecule has 0 bridgehead atoms. The van der Waals surface area contributed by atoms with Crippen LogP contribution in [0.5, 0.6) is 5.88 Å². The van der Waals surface area contributed by atoms with Crippen molar-refractivity contribution >= 4 is 16.0 Å². The summed E-state index contributed by atoms with van der Waals surface area (Å²) >= 11 is 0. The fourth-order valence-corrected chi connectivity index (χ4v) is 5.66. The molecule has 0 saturated heterocycles. The first-order valence-corrected chi connectivity index (χ1v) is 14.9. The Hall–Kier alpha value is -3.91. The Bertz CT molecular complexity index is 1560. The molecule has 0 aliphatic rings. The van der Waals surface area contributed by atoms with Crippen molar-refractivity contribution in [3.05, 3.63) is 59.0 Å². The number of aromatic nitrogens is 7. The van der Waals surface area contributed by atoms with Gasteiger partial charge in [-0.3, -0.25) is 9.29 Å². The Morgan fingerprint density at radius 1 is 1.07 bits per heavy atom. The van der Waals surface area contributed by atoms with Crippen LogP contribution >= 0.6 is 0 Å². The minimum atomic E-state index is -4.11. The molecule has 0 fully saturated rings. The van der Waals surface area contributed by atoms with Crippen LogP contribution in [0.4, 0.5) is 5.95 Å². The van der Waals surface area contributed by atoms with Gasteiger partial charge in [-0.05, 0) is 59.6 Å². The number of rotatable bonds is 12. The van der Waals surface area contributed by atoms with E-state index < -0.39 is 27.4 Å². The van der Waals surface area contributed by atoms with Crippen LogP contribution in [0.3, 0.4) is 0 Å². The Kier molecular flexibility index (Phi) is 9.02. The fourth-order valence-electron chi connectivity index (χ4n) is 4.57. The van der Waals surface area contributed by atoms with Gasteiger partial charge in [0.25, 0.3) is 0 Å². The second-order valence-electron chi connectivity index (χ2n) is 10.0. The molecule has 0 saturated carbocycles. The maximum atomic E-state index is 13.9. The molecule has 4 aromatic heterocycles. The third kappa shape index (κ3) is 6.38. The van der Waals surface area contributed by atoms with E-state index in [-0.39, 0.29) is 17.9 Å². The fraction of sp³-hybridized carbons (Fsp3) is 0.481. The first-order chi connectivity index (χ1) is 19.5. The predicted octanol–water partition coefficient (Wildman–Crippen LogP) is 4.35. The molecule has 13 nitrogen and oxygen atoms in total. The largest absolute Gasteiger partial charge is 0.481 e. The molecule has 4 rings (SSSR count). The summed E-state index contributed by atoms with van der Waals surface area (Å²) in [4.78, 5) is 13.2. The van der Waals surface area contributed by atoms with Crippen molar-refractivity contribution in [1.29, 1.82) is 0 Å². The highest BCUT2D eigenvalue weighted by Crippen LogP contribution is 2.35. The van der Waals surface area contributed by atoms with Crippen molar-refractivity contribution in [2.45, 2.75) is 78.4 Å². The molecule has 0 aliphatic heterocycles. The maximum absolute atomic E-state index is 13.9. The lowest BCUT2D eigenvalue weighted by molar-refractivity contribution is 0.00152. The number of sulfonamides is 1. The van der Waals surface area contributed by atoms with Gasteiger partial charge in [0.15, 0.2) is 11.6 Å². The first kappa shape index (κ1) is 30.1. The Morgan fingerprint density at radius 2 is 1.78 bits per heavy atom. The number of aryl methyl sites for hydroxylation is 3. The molecule has 0 spiro atoms. The normalized spacial score (nSPS) is 14.2. The molecule has 3 unspecified atom stereocenters. The molecule has 14 heteroatoms. The summed E-state index contributed by atoms with van der Waals surface area (Å²) in [6.45, 7) is 12.7. The molecule has 0 aromatic carbocycles. The first-order valence-electron chi connectivity index (χ1n) is 13.3. The van der Waals surface area contributed by atoms with Gasteiger partial charge in [0.1, 0.15) is 22.8 Å². The van der Waals surface area contributed by atoms with Crippen molar-refractivity contribution in [3.63, 3.8) is 0 Å². The van der Waals surface area contributed by atoms with Crippen LogP contribution in [-0.2, 0) is 14.8 Å². The second kappa shape index (κ2) is 12.3. The smallest absolute Gasteiger partial charge is 0.240 e. The Labute approximate surface area is 239 Å². The number of anilines is 1. The number of nitrogens with one attached hydrogen (secondary N) is 1. The van der Waals surface area contributed by atoms with E-state index in [0.717, 1.165) is 11.1 Å². The van der Waals surface area contributed by atoms with E-state index in [1.807, 2.05) is 41.5 Å². The van der Waals surface area contributed by atoms with E-state index in [9.17, 15) is 8.42 Å². The summed E-state index contributed by atoms with van der Waals surface area (Å²) in [7, 11) is -2.60. The van der Waals surface area contributed by atoms with Gasteiger partial charge in [-0.15, -0.1) is 10.2 Å². The SMILES string of the molecule is CCC(c1c(C)noc1C)n1c(NS(=O)(=O)C(C)C(OC(C)C)c2ncc(C)cn2)nnc1-c1cccc(OC)n1. The zero-order valence-corrected chi connectivity index (χ0v) is 25.3. The highest BCUT2D eigenvalue weighted by molar-refractivity contribution is 7.93. The van der Waals surface area contributed by atoms with Gasteiger partial charge in [0, 0.05) is 24.0 Å². The molecule has 0 aliphatic carbocycles. The second-order valence-corrected chi connectivity index (χ2v) is 12.1. The van der Waals surface area contributed by atoms with Gasteiger partial charge < -0.3 is 14.0 Å². The number of ether oxygens (including phenoxy) is 2. The molecule has 0 radical (unpaired) electrons. The van der Waals surface area contributed by atoms with Crippen LogP contribution in [0.1, 0.15) is 74.7 Å². The summed E-state index contributed by atoms with van der Waals surface area (Å²) in [5.41, 5.74) is 2.78. The lowest BCUT2D eigenvalue weighted by Crippen LogP contribution is -2.35. The third-order valence-corrected chi connectivity index (χ3v) is 8.29. The summed E-state index contributed by atoms with van der Waals surface area (Å²) in [5.74, 6) is 1.61. The van der Waals surface area contributed by atoms with E-state index in [4.69, 9.17) is 14.0 Å². The maximum Gasteiger partial charge on any atom is 0.240 e. The Balaban J connectivity index is 1.82. The highest BCUT2D eigenvalue weighted by atomic mass is 32.2. The lowest BCUT2D eigenvalue weighted by Gasteiger charge is -2.26. The van der Waals surface area contributed by atoms with Gasteiger partial charge in [0.05, 0.1) is 24.9 Å². The van der Waals surface area contributed by atoms with Crippen LogP contribution in [0.15, 0.2) is 35.1 Å². The number of hydrogen-bond donors (Lipinski definition) is 1. The molecule has 4 heterocycles. The lowest BCUT2D eigenvalue weighted by atomic mass is 10.0. The summed E-state index contributed by atoms with van der Waals surface area (Å²) < 4.78 is 49.0. The van der Waals surface area contributed by atoms with Gasteiger partial charge in [-0.25, -0.2) is 23.4 Å². The van der Waals surface area contributed by atoms with Crippen molar-refractivity contribution in [2.75, 3.05) is 11.8 Å². The van der Waals surface area contributed by atoms with E-state index in [1.165, 1.54) is 7.11 Å². The van der Waals surface area contributed by atoms with Gasteiger partial charge in [0.2, 0.25) is 21.9 Å². The summed E-state index contributed by atoms with van der Waals surface area (Å²) in [6.07, 6.45) is 2.60. The van der Waals surface area contributed by atoms with Crippen molar-refractivity contribution in [3.8, 4) is 17.4 Å². The quantitative estimate of drug-likeness (QED) is 0.252. The van der Waals surface area contributed by atoms with E-state index in [1.54, 1.807) is 42.1 Å². The van der Waals surface area contributed by atoms with Crippen molar-refractivity contribution in [1.82, 2.24) is 34.9 Å². The highest BCUT2D eigenvalue weighted by Gasteiger charge is 2.36. The average molecular weight is 585 g/mol. The standard InChI is InChI=1S/C27H36N8O5S/c1-9-21(23-17(5)33-40-18(23)6)35-26(20-11-10-12-22(30-20)38-8)31-32-27(35)34-41(36,37)19(7)24(39-15(2)3)25-28-13-16(4)14-29-25/h10-15,19,21,24H,9H2,1-8H3,(H,32,34). The van der Waals surface area contributed by atoms with Crippen LogP contribution < -0.4 is 9.46 Å². The Morgan fingerprint density at radius 3 is 2.37 bits per heavy atom. The monoisotopic (exact) mass is 584 g/mol. The van der Waals surface area contributed by atoms with Gasteiger partial charge in [-0.1, -0.05) is 18.1 Å². The number of pyridine rings is 1. The molecule has 4 aromatic rings. The van der Waals surface area contributed by atoms with Crippen molar-refractivity contribution in [2.24, 2.45) is 0 Å². The number of hydrogen-bond acceptors (Lipinski definition) is 11. The molecule has 3 atom stereocenters. The number of methoxy groups -OCH3 is 1.